The maximum Gasteiger partial charge on any atom is 0.211 e. The summed E-state index contributed by atoms with van der Waals surface area (Å²) in [5.41, 5.74) is 1.32. The third-order valence-corrected chi connectivity index (χ3v) is 4.99. The molecule has 2 rings (SSSR count). The lowest BCUT2D eigenvalue weighted by molar-refractivity contribution is -0.115. The summed E-state index contributed by atoms with van der Waals surface area (Å²) in [6.07, 6.45) is 1.69. The molecule has 112 valence electrons. The van der Waals surface area contributed by atoms with Crippen molar-refractivity contribution < 1.29 is 18.3 Å². The van der Waals surface area contributed by atoms with Crippen LogP contribution in [-0.4, -0.2) is 56.0 Å². The summed E-state index contributed by atoms with van der Waals surface area (Å²) < 4.78 is 30.5. The largest absolute Gasteiger partial charge is 0.393 e. The molecule has 0 aromatic heterocycles. The first kappa shape index (κ1) is 15.4. The van der Waals surface area contributed by atoms with Gasteiger partial charge in [-0.15, -0.1) is 0 Å². The van der Waals surface area contributed by atoms with Gasteiger partial charge in [0.2, 0.25) is 10.0 Å². The smallest absolute Gasteiger partial charge is 0.211 e. The van der Waals surface area contributed by atoms with Crippen molar-refractivity contribution in [2.24, 2.45) is 0 Å². The van der Waals surface area contributed by atoms with Gasteiger partial charge in [-0.3, -0.25) is 0 Å². The molecule has 1 saturated heterocycles. The molecule has 1 aliphatic rings. The summed E-state index contributed by atoms with van der Waals surface area (Å²) in [6, 6.07) is 7.87. The normalized spacial score (nSPS) is 24.8. The predicted molar refractivity (Wildman–Crippen MR) is 77.1 cm³/mol. The highest BCUT2D eigenvalue weighted by Crippen LogP contribution is 2.25. The molecule has 0 bridgehead atoms. The molecule has 6 heteroatoms. The highest BCUT2D eigenvalue weighted by atomic mass is 32.2. The number of aliphatic hydroxyl groups excluding tert-OH is 1. The molecule has 1 N–H and O–H groups in total. The number of hydrogen-bond donors (Lipinski definition) is 1. The molecule has 1 fully saturated rings. The van der Waals surface area contributed by atoms with Crippen molar-refractivity contribution in [2.45, 2.75) is 18.9 Å². The number of hydrogen-bond acceptors (Lipinski definition) is 4. The average molecular weight is 299 g/mol. The van der Waals surface area contributed by atoms with Crippen LogP contribution in [0.3, 0.4) is 0 Å². The van der Waals surface area contributed by atoms with Crippen molar-refractivity contribution >= 4 is 10.0 Å². The van der Waals surface area contributed by atoms with Crippen molar-refractivity contribution in [1.29, 1.82) is 0 Å². The predicted octanol–water partition coefficient (Wildman–Crippen LogP) is 0.560. The maximum absolute atomic E-state index is 11.7. The highest BCUT2D eigenvalue weighted by Gasteiger charge is 2.39. The van der Waals surface area contributed by atoms with Crippen LogP contribution in [0.2, 0.25) is 0 Å². The van der Waals surface area contributed by atoms with E-state index in [9.17, 15) is 13.5 Å². The number of morpholine rings is 1. The van der Waals surface area contributed by atoms with E-state index in [0.29, 0.717) is 19.6 Å². The molecular weight excluding hydrogens is 278 g/mol. The highest BCUT2D eigenvalue weighted by molar-refractivity contribution is 7.88. The van der Waals surface area contributed by atoms with Crippen LogP contribution in [0.5, 0.6) is 0 Å². The molecule has 0 amide bonds. The Bertz CT molecular complexity index is 572. The van der Waals surface area contributed by atoms with Gasteiger partial charge in [0.25, 0.3) is 0 Å². The molecule has 5 nitrogen and oxygen atoms in total. The number of aryl methyl sites for hydroxylation is 1. The van der Waals surface area contributed by atoms with Gasteiger partial charge in [-0.2, -0.15) is 4.31 Å². The summed E-state index contributed by atoms with van der Waals surface area (Å²) in [7, 11) is -3.27. The van der Waals surface area contributed by atoms with E-state index in [4.69, 9.17) is 4.74 Å². The number of nitrogens with zero attached hydrogens (tertiary/aromatic N) is 1. The minimum Gasteiger partial charge on any atom is -0.393 e. The first-order chi connectivity index (χ1) is 9.36. The first-order valence-corrected chi connectivity index (χ1v) is 8.46. The Kier molecular flexibility index (Phi) is 4.49. The fourth-order valence-electron chi connectivity index (χ4n) is 2.51. The summed E-state index contributed by atoms with van der Waals surface area (Å²) >= 11 is 0. The van der Waals surface area contributed by atoms with Gasteiger partial charge in [0.1, 0.15) is 5.60 Å². The Morgan fingerprint density at radius 1 is 1.40 bits per heavy atom. The fraction of sp³-hybridized carbons (Fsp3) is 0.571. The van der Waals surface area contributed by atoms with E-state index in [1.165, 1.54) is 10.6 Å². The van der Waals surface area contributed by atoms with E-state index in [1.54, 1.807) is 0 Å². The van der Waals surface area contributed by atoms with Crippen LogP contribution in [-0.2, 0) is 21.2 Å². The van der Waals surface area contributed by atoms with Crippen LogP contribution in [0.1, 0.15) is 11.1 Å². The van der Waals surface area contributed by atoms with Crippen LogP contribution in [0.15, 0.2) is 24.3 Å². The first-order valence-electron chi connectivity index (χ1n) is 6.61. The zero-order valence-electron chi connectivity index (χ0n) is 11.9. The van der Waals surface area contributed by atoms with Gasteiger partial charge >= 0.3 is 0 Å². The second-order valence-corrected chi connectivity index (χ2v) is 7.37. The Labute approximate surface area is 120 Å². The SMILES string of the molecule is Cc1ccccc1CC1(CO)CN(S(C)(=O)=O)CCO1. The van der Waals surface area contributed by atoms with Crippen LogP contribution in [0, 0.1) is 6.92 Å². The van der Waals surface area contributed by atoms with Crippen LogP contribution >= 0.6 is 0 Å². The Morgan fingerprint density at radius 2 is 2.10 bits per heavy atom. The summed E-state index contributed by atoms with van der Waals surface area (Å²) in [4.78, 5) is 0. The lowest BCUT2D eigenvalue weighted by atomic mass is 9.91. The van der Waals surface area contributed by atoms with Crippen molar-refractivity contribution in [3.8, 4) is 0 Å². The van der Waals surface area contributed by atoms with Crippen molar-refractivity contribution in [2.75, 3.05) is 32.6 Å². The van der Waals surface area contributed by atoms with Gasteiger partial charge < -0.3 is 9.84 Å². The van der Waals surface area contributed by atoms with E-state index in [1.807, 2.05) is 31.2 Å². The maximum atomic E-state index is 11.7. The standard InChI is InChI=1S/C14H21NO4S/c1-12-5-3-4-6-13(12)9-14(11-16)10-15(7-8-19-14)20(2,17)18/h3-6,16H,7-11H2,1-2H3. The molecule has 0 saturated carbocycles. The second-order valence-electron chi connectivity index (χ2n) is 5.39. The van der Waals surface area contributed by atoms with Gasteiger partial charge in [0.05, 0.1) is 19.5 Å². The average Bonchev–Trinajstić information content (AvgIpc) is 2.41. The van der Waals surface area contributed by atoms with E-state index < -0.39 is 15.6 Å². The van der Waals surface area contributed by atoms with Crippen molar-refractivity contribution in [1.82, 2.24) is 4.31 Å². The van der Waals surface area contributed by atoms with Gasteiger partial charge in [0, 0.05) is 19.5 Å². The fourth-order valence-corrected chi connectivity index (χ4v) is 3.38. The lowest BCUT2D eigenvalue weighted by Gasteiger charge is -2.41. The molecule has 1 atom stereocenters. The minimum absolute atomic E-state index is 0.191. The van der Waals surface area contributed by atoms with E-state index in [-0.39, 0.29) is 13.2 Å². The molecule has 0 spiro atoms. The third-order valence-electron chi connectivity index (χ3n) is 3.74. The van der Waals surface area contributed by atoms with Gasteiger partial charge in [-0.1, -0.05) is 24.3 Å². The number of rotatable bonds is 4. The zero-order chi connectivity index (χ0) is 14.8. The van der Waals surface area contributed by atoms with Crippen molar-refractivity contribution in [3.05, 3.63) is 35.4 Å². The molecule has 1 aromatic carbocycles. The van der Waals surface area contributed by atoms with Crippen LogP contribution < -0.4 is 0 Å². The summed E-state index contributed by atoms with van der Waals surface area (Å²) in [6.45, 7) is 2.63. The molecular formula is C14H21NO4S. The number of ether oxygens (including phenoxy) is 1. The van der Waals surface area contributed by atoms with Crippen LogP contribution in [0.25, 0.3) is 0 Å². The van der Waals surface area contributed by atoms with E-state index >= 15 is 0 Å². The molecule has 1 unspecified atom stereocenters. The van der Waals surface area contributed by atoms with Gasteiger partial charge in [-0.25, -0.2) is 8.42 Å². The minimum atomic E-state index is -3.27. The van der Waals surface area contributed by atoms with Gasteiger partial charge in [0.15, 0.2) is 0 Å². The third kappa shape index (κ3) is 3.38. The molecule has 1 aliphatic heterocycles. The van der Waals surface area contributed by atoms with Crippen molar-refractivity contribution in [3.63, 3.8) is 0 Å². The second kappa shape index (κ2) is 5.81. The molecule has 1 aromatic rings. The van der Waals surface area contributed by atoms with Crippen LogP contribution in [0.4, 0.5) is 0 Å². The zero-order valence-corrected chi connectivity index (χ0v) is 12.7. The van der Waals surface area contributed by atoms with E-state index in [0.717, 1.165) is 11.1 Å². The molecule has 1 heterocycles. The molecule has 0 radical (unpaired) electrons. The summed E-state index contributed by atoms with van der Waals surface area (Å²) in [5.74, 6) is 0. The lowest BCUT2D eigenvalue weighted by Crippen LogP contribution is -2.56. The Hall–Kier alpha value is -0.950. The number of benzene rings is 1. The summed E-state index contributed by atoms with van der Waals surface area (Å²) in [5, 5.41) is 9.73. The Morgan fingerprint density at radius 3 is 2.70 bits per heavy atom. The quantitative estimate of drug-likeness (QED) is 0.882. The molecule has 0 aliphatic carbocycles. The number of sulfonamides is 1. The van der Waals surface area contributed by atoms with E-state index in [2.05, 4.69) is 0 Å². The molecule has 20 heavy (non-hydrogen) atoms. The topological polar surface area (TPSA) is 66.8 Å². The Balaban J connectivity index is 2.23. The monoisotopic (exact) mass is 299 g/mol. The number of aliphatic hydroxyl groups is 1. The van der Waals surface area contributed by atoms with Gasteiger partial charge in [-0.05, 0) is 18.1 Å².